The highest BCUT2D eigenvalue weighted by molar-refractivity contribution is 5.95. The summed E-state index contributed by atoms with van der Waals surface area (Å²) in [6, 6.07) is 5.82. The molecule has 0 spiro atoms. The van der Waals surface area contributed by atoms with Crippen LogP contribution in [0, 0.1) is 6.92 Å². The molecule has 4 nitrogen and oxygen atoms in total. The molecule has 1 unspecified atom stereocenters. The van der Waals surface area contributed by atoms with Crippen LogP contribution in [0.3, 0.4) is 0 Å². The van der Waals surface area contributed by atoms with Crippen LogP contribution >= 0.6 is 0 Å². The largest absolute Gasteiger partial charge is 0.396 e. The quantitative estimate of drug-likeness (QED) is 0.662. The lowest BCUT2D eigenvalue weighted by Crippen LogP contribution is -2.31. The van der Waals surface area contributed by atoms with Crippen LogP contribution in [-0.2, 0) is 0 Å². The van der Waals surface area contributed by atoms with Gasteiger partial charge in [0.1, 0.15) is 0 Å². The van der Waals surface area contributed by atoms with E-state index in [1.807, 2.05) is 39.0 Å². The molecular weight excluding hydrogens is 240 g/mol. The van der Waals surface area contributed by atoms with Gasteiger partial charge < -0.3 is 15.7 Å². The van der Waals surface area contributed by atoms with Gasteiger partial charge in [0.05, 0.1) is 0 Å². The second-order valence-electron chi connectivity index (χ2n) is 4.82. The highest BCUT2D eigenvalue weighted by Crippen LogP contribution is 2.16. The van der Waals surface area contributed by atoms with Crippen LogP contribution < -0.4 is 10.6 Å². The molecule has 0 aromatic heterocycles. The minimum atomic E-state index is -0.0284. The van der Waals surface area contributed by atoms with Crippen molar-refractivity contribution in [1.29, 1.82) is 0 Å². The van der Waals surface area contributed by atoms with Crippen LogP contribution in [0.2, 0.25) is 0 Å². The van der Waals surface area contributed by atoms with Crippen LogP contribution in [0.4, 0.5) is 5.69 Å². The maximum Gasteiger partial charge on any atom is 0.251 e. The van der Waals surface area contributed by atoms with Gasteiger partial charge >= 0.3 is 0 Å². The summed E-state index contributed by atoms with van der Waals surface area (Å²) < 4.78 is 0. The predicted octanol–water partition coefficient (Wildman–Crippen LogP) is 2.32. The molecule has 106 valence electrons. The molecule has 0 fully saturated rings. The molecule has 1 aromatic rings. The smallest absolute Gasteiger partial charge is 0.251 e. The molecule has 1 rings (SSSR count). The lowest BCUT2D eigenvalue weighted by atomic mass is 10.1. The zero-order valence-corrected chi connectivity index (χ0v) is 12.0. The summed E-state index contributed by atoms with van der Waals surface area (Å²) in [5.41, 5.74) is 2.73. The van der Waals surface area contributed by atoms with Gasteiger partial charge in [-0.15, -0.1) is 0 Å². The molecule has 0 saturated carbocycles. The van der Waals surface area contributed by atoms with E-state index in [2.05, 4.69) is 10.6 Å². The number of benzene rings is 1. The number of rotatable bonds is 7. The Balaban J connectivity index is 2.67. The standard InChI is InChI=1S/C15H24N2O2/c1-4-12(3)17-15(19)13-6-7-14(11(2)10-13)16-8-5-9-18/h6-7,10,12,16,18H,4-5,8-9H2,1-3H3,(H,17,19). The van der Waals surface area contributed by atoms with Crippen molar-refractivity contribution in [2.24, 2.45) is 0 Å². The number of hydrogen-bond donors (Lipinski definition) is 3. The van der Waals surface area contributed by atoms with Crippen molar-refractivity contribution in [2.45, 2.75) is 39.7 Å². The Morgan fingerprint density at radius 2 is 2.16 bits per heavy atom. The van der Waals surface area contributed by atoms with Gasteiger partial charge in [0.2, 0.25) is 0 Å². The number of hydrogen-bond acceptors (Lipinski definition) is 3. The summed E-state index contributed by atoms with van der Waals surface area (Å²) in [4.78, 5) is 12.0. The van der Waals surface area contributed by atoms with Crippen molar-refractivity contribution in [3.8, 4) is 0 Å². The number of nitrogens with one attached hydrogen (secondary N) is 2. The van der Waals surface area contributed by atoms with Gasteiger partial charge in [0.15, 0.2) is 0 Å². The highest BCUT2D eigenvalue weighted by atomic mass is 16.3. The van der Waals surface area contributed by atoms with Crippen LogP contribution in [0.25, 0.3) is 0 Å². The SMILES string of the molecule is CCC(C)NC(=O)c1ccc(NCCCO)c(C)c1. The third kappa shape index (κ3) is 4.91. The Morgan fingerprint density at radius 1 is 1.42 bits per heavy atom. The van der Waals surface area contributed by atoms with Gasteiger partial charge in [0, 0.05) is 30.4 Å². The molecule has 0 aliphatic rings. The molecule has 0 aliphatic heterocycles. The minimum Gasteiger partial charge on any atom is -0.396 e. The highest BCUT2D eigenvalue weighted by Gasteiger charge is 2.09. The van der Waals surface area contributed by atoms with Gasteiger partial charge in [0.25, 0.3) is 5.91 Å². The molecule has 1 atom stereocenters. The molecule has 19 heavy (non-hydrogen) atoms. The summed E-state index contributed by atoms with van der Waals surface area (Å²) in [5, 5.41) is 14.9. The Bertz CT molecular complexity index is 419. The summed E-state index contributed by atoms with van der Waals surface area (Å²) in [5.74, 6) is -0.0284. The molecule has 0 heterocycles. The Kier molecular flexibility index (Phi) is 6.36. The van der Waals surface area contributed by atoms with Crippen molar-refractivity contribution in [3.63, 3.8) is 0 Å². The number of carbonyl (C=O) groups is 1. The first-order valence-electron chi connectivity index (χ1n) is 6.84. The first-order chi connectivity index (χ1) is 9.08. The van der Waals surface area contributed by atoms with Gasteiger partial charge in [-0.05, 0) is 50.5 Å². The van der Waals surface area contributed by atoms with Crippen molar-refractivity contribution in [2.75, 3.05) is 18.5 Å². The molecule has 3 N–H and O–H groups in total. The predicted molar refractivity (Wildman–Crippen MR) is 78.6 cm³/mol. The van der Waals surface area contributed by atoms with Crippen LogP contribution in [0.1, 0.15) is 42.6 Å². The summed E-state index contributed by atoms with van der Waals surface area (Å²) >= 11 is 0. The number of anilines is 1. The fourth-order valence-electron chi connectivity index (χ4n) is 1.71. The molecule has 0 aliphatic carbocycles. The zero-order valence-electron chi connectivity index (χ0n) is 12.0. The minimum absolute atomic E-state index is 0.0284. The van der Waals surface area contributed by atoms with Crippen molar-refractivity contribution in [3.05, 3.63) is 29.3 Å². The lowest BCUT2D eigenvalue weighted by molar-refractivity contribution is 0.0939. The molecule has 0 saturated heterocycles. The summed E-state index contributed by atoms with van der Waals surface area (Å²) in [7, 11) is 0. The molecule has 4 heteroatoms. The van der Waals surface area contributed by atoms with Crippen LogP contribution in [0.15, 0.2) is 18.2 Å². The fraction of sp³-hybridized carbons (Fsp3) is 0.533. The molecular formula is C15H24N2O2. The second kappa shape index (κ2) is 7.79. The van der Waals surface area contributed by atoms with E-state index in [4.69, 9.17) is 5.11 Å². The molecule has 1 amide bonds. The second-order valence-corrected chi connectivity index (χ2v) is 4.82. The Labute approximate surface area is 115 Å². The lowest BCUT2D eigenvalue weighted by Gasteiger charge is -2.13. The summed E-state index contributed by atoms with van der Waals surface area (Å²) in [6.07, 6.45) is 1.64. The zero-order chi connectivity index (χ0) is 14.3. The molecule has 0 radical (unpaired) electrons. The normalized spacial score (nSPS) is 12.0. The number of carbonyl (C=O) groups excluding carboxylic acids is 1. The fourth-order valence-corrected chi connectivity index (χ4v) is 1.71. The van der Waals surface area contributed by atoms with Crippen LogP contribution in [-0.4, -0.2) is 30.2 Å². The average molecular weight is 264 g/mol. The maximum atomic E-state index is 12.0. The Morgan fingerprint density at radius 3 is 2.74 bits per heavy atom. The van der Waals surface area contributed by atoms with E-state index in [1.165, 1.54) is 0 Å². The van der Waals surface area contributed by atoms with Crippen LogP contribution in [0.5, 0.6) is 0 Å². The first kappa shape index (κ1) is 15.5. The van der Waals surface area contributed by atoms with E-state index < -0.39 is 0 Å². The van der Waals surface area contributed by atoms with Gasteiger partial charge in [-0.3, -0.25) is 4.79 Å². The van der Waals surface area contributed by atoms with Gasteiger partial charge in [-0.1, -0.05) is 6.92 Å². The van der Waals surface area contributed by atoms with E-state index >= 15 is 0 Å². The van der Waals surface area contributed by atoms with Crippen molar-refractivity contribution < 1.29 is 9.90 Å². The number of aliphatic hydroxyl groups excluding tert-OH is 1. The monoisotopic (exact) mass is 264 g/mol. The van der Waals surface area contributed by atoms with Crippen molar-refractivity contribution >= 4 is 11.6 Å². The first-order valence-corrected chi connectivity index (χ1v) is 6.84. The van der Waals surface area contributed by atoms with Gasteiger partial charge in [-0.2, -0.15) is 0 Å². The molecule has 1 aromatic carbocycles. The van der Waals surface area contributed by atoms with E-state index in [1.54, 1.807) is 0 Å². The Hall–Kier alpha value is -1.55. The number of aliphatic hydroxyl groups is 1. The number of aryl methyl sites for hydroxylation is 1. The maximum absolute atomic E-state index is 12.0. The number of amides is 1. The topological polar surface area (TPSA) is 61.4 Å². The average Bonchev–Trinajstić information content (AvgIpc) is 2.40. The summed E-state index contributed by atoms with van der Waals surface area (Å²) in [6.45, 7) is 6.93. The third-order valence-electron chi connectivity index (χ3n) is 3.13. The third-order valence-corrected chi connectivity index (χ3v) is 3.13. The van der Waals surface area contributed by atoms with E-state index in [0.29, 0.717) is 5.56 Å². The van der Waals surface area contributed by atoms with Crippen molar-refractivity contribution in [1.82, 2.24) is 5.32 Å². The van der Waals surface area contributed by atoms with E-state index in [-0.39, 0.29) is 18.6 Å². The van der Waals surface area contributed by atoms with E-state index in [0.717, 1.165) is 30.6 Å². The van der Waals surface area contributed by atoms with E-state index in [9.17, 15) is 4.79 Å². The van der Waals surface area contributed by atoms with Gasteiger partial charge in [-0.25, -0.2) is 0 Å². The molecule has 0 bridgehead atoms.